The first-order valence-electron chi connectivity index (χ1n) is 9.54. The summed E-state index contributed by atoms with van der Waals surface area (Å²) in [6.07, 6.45) is 10.6. The van der Waals surface area contributed by atoms with Crippen molar-refractivity contribution in [1.82, 2.24) is 15.0 Å². The van der Waals surface area contributed by atoms with Gasteiger partial charge in [0.25, 0.3) is 0 Å². The Hall–Kier alpha value is -2.90. The number of amides is 1. The standard InChI is InChI=1S/C19H25N7O/c1-3-15-18(27)25(2)16-12-21-19(24-22-11-13-7-6-10-20-13)23-17(16)26(15)14-8-4-5-9-14/h6-7,10-12,14-15,20H,3-5,8-9H2,1-2H3,(H,21,23,24). The molecule has 2 N–H and O–H groups in total. The minimum atomic E-state index is -0.171. The number of carbonyl (C=O) groups is 1. The monoisotopic (exact) mass is 367 g/mol. The molecular formula is C19H25N7O. The molecule has 1 unspecified atom stereocenters. The van der Waals surface area contributed by atoms with Crippen molar-refractivity contribution in [2.45, 2.75) is 51.1 Å². The van der Waals surface area contributed by atoms with E-state index >= 15 is 0 Å². The van der Waals surface area contributed by atoms with Gasteiger partial charge in [-0.05, 0) is 31.4 Å². The molecule has 2 aliphatic rings. The van der Waals surface area contributed by atoms with E-state index in [1.165, 1.54) is 12.8 Å². The van der Waals surface area contributed by atoms with Crippen LogP contribution in [0.2, 0.25) is 0 Å². The second-order valence-electron chi connectivity index (χ2n) is 7.06. The molecule has 4 rings (SSSR count). The summed E-state index contributed by atoms with van der Waals surface area (Å²) in [7, 11) is 1.80. The number of hydrogen-bond acceptors (Lipinski definition) is 6. The summed E-state index contributed by atoms with van der Waals surface area (Å²) in [5, 5.41) is 4.20. The van der Waals surface area contributed by atoms with Crippen LogP contribution in [0.15, 0.2) is 29.6 Å². The van der Waals surface area contributed by atoms with Gasteiger partial charge in [0, 0.05) is 19.3 Å². The fraction of sp³-hybridized carbons (Fsp3) is 0.474. The minimum Gasteiger partial charge on any atom is -0.360 e. The summed E-state index contributed by atoms with van der Waals surface area (Å²) in [6.45, 7) is 2.06. The number of aromatic amines is 1. The van der Waals surface area contributed by atoms with E-state index in [1.807, 2.05) is 18.3 Å². The molecule has 1 amide bonds. The molecule has 142 valence electrons. The summed E-state index contributed by atoms with van der Waals surface area (Å²) in [4.78, 5) is 28.9. The van der Waals surface area contributed by atoms with E-state index in [4.69, 9.17) is 4.98 Å². The molecule has 2 aromatic rings. The second kappa shape index (κ2) is 7.38. The number of nitrogens with one attached hydrogen (secondary N) is 2. The quantitative estimate of drug-likeness (QED) is 0.626. The third kappa shape index (κ3) is 3.27. The Labute approximate surface area is 158 Å². The summed E-state index contributed by atoms with van der Waals surface area (Å²) >= 11 is 0. The minimum absolute atomic E-state index is 0.117. The average molecular weight is 367 g/mol. The van der Waals surface area contributed by atoms with Gasteiger partial charge in [0.2, 0.25) is 11.9 Å². The summed E-state index contributed by atoms with van der Waals surface area (Å²) in [5.74, 6) is 1.37. The maximum atomic E-state index is 12.9. The van der Waals surface area contributed by atoms with Crippen LogP contribution in [-0.2, 0) is 4.79 Å². The zero-order chi connectivity index (χ0) is 18.8. The molecule has 1 atom stereocenters. The molecule has 3 heterocycles. The van der Waals surface area contributed by atoms with Gasteiger partial charge in [-0.2, -0.15) is 10.1 Å². The lowest BCUT2D eigenvalue weighted by Gasteiger charge is -2.43. The largest absolute Gasteiger partial charge is 0.360 e. The van der Waals surface area contributed by atoms with Crippen LogP contribution in [-0.4, -0.2) is 46.2 Å². The van der Waals surface area contributed by atoms with Gasteiger partial charge in [0.05, 0.1) is 18.1 Å². The molecule has 8 heteroatoms. The maximum Gasteiger partial charge on any atom is 0.249 e. The van der Waals surface area contributed by atoms with Gasteiger partial charge in [-0.15, -0.1) is 0 Å². The molecule has 0 bridgehead atoms. The Morgan fingerprint density at radius 2 is 2.22 bits per heavy atom. The van der Waals surface area contributed by atoms with Crippen LogP contribution in [0.3, 0.4) is 0 Å². The first kappa shape index (κ1) is 17.5. The van der Waals surface area contributed by atoms with Crippen molar-refractivity contribution in [3.8, 4) is 0 Å². The number of fused-ring (bicyclic) bond motifs is 1. The highest BCUT2D eigenvalue weighted by atomic mass is 16.2. The molecule has 1 aliphatic carbocycles. The third-order valence-corrected chi connectivity index (χ3v) is 5.40. The van der Waals surface area contributed by atoms with Crippen LogP contribution in [0.25, 0.3) is 0 Å². The Morgan fingerprint density at radius 3 is 2.93 bits per heavy atom. The van der Waals surface area contributed by atoms with Crippen molar-refractivity contribution in [1.29, 1.82) is 0 Å². The van der Waals surface area contributed by atoms with Crippen molar-refractivity contribution in [3.63, 3.8) is 0 Å². The molecule has 1 fully saturated rings. The number of carbonyl (C=O) groups excluding carboxylic acids is 1. The van der Waals surface area contributed by atoms with Crippen LogP contribution in [0.1, 0.15) is 44.7 Å². The number of aromatic nitrogens is 3. The van der Waals surface area contributed by atoms with Crippen molar-refractivity contribution >= 4 is 29.6 Å². The topological polar surface area (TPSA) is 89.5 Å². The van der Waals surface area contributed by atoms with E-state index < -0.39 is 0 Å². The molecule has 0 saturated heterocycles. The third-order valence-electron chi connectivity index (χ3n) is 5.40. The van der Waals surface area contributed by atoms with E-state index in [1.54, 1.807) is 24.4 Å². The molecule has 0 spiro atoms. The molecular weight excluding hydrogens is 342 g/mol. The molecule has 2 aromatic heterocycles. The van der Waals surface area contributed by atoms with E-state index in [0.717, 1.165) is 36.5 Å². The van der Waals surface area contributed by atoms with Gasteiger partial charge in [-0.1, -0.05) is 19.8 Å². The summed E-state index contributed by atoms with van der Waals surface area (Å²) in [5.41, 5.74) is 4.55. The highest BCUT2D eigenvalue weighted by Crippen LogP contribution is 2.39. The van der Waals surface area contributed by atoms with Gasteiger partial charge >= 0.3 is 0 Å². The molecule has 27 heavy (non-hydrogen) atoms. The summed E-state index contributed by atoms with van der Waals surface area (Å²) in [6, 6.07) is 4.02. The Balaban J connectivity index is 1.65. The van der Waals surface area contributed by atoms with Crippen LogP contribution < -0.4 is 15.2 Å². The van der Waals surface area contributed by atoms with Crippen LogP contribution >= 0.6 is 0 Å². The molecule has 8 nitrogen and oxygen atoms in total. The maximum absolute atomic E-state index is 12.9. The average Bonchev–Trinajstić information content (AvgIpc) is 3.38. The van der Waals surface area contributed by atoms with Crippen LogP contribution in [0, 0.1) is 0 Å². The first-order valence-corrected chi connectivity index (χ1v) is 9.54. The van der Waals surface area contributed by atoms with Gasteiger partial charge in [-0.25, -0.2) is 10.4 Å². The fourth-order valence-corrected chi connectivity index (χ4v) is 4.02. The van der Waals surface area contributed by atoms with Gasteiger partial charge in [0.1, 0.15) is 11.7 Å². The van der Waals surface area contributed by atoms with Crippen LogP contribution in [0.4, 0.5) is 17.5 Å². The van der Waals surface area contributed by atoms with Crippen molar-refractivity contribution in [2.75, 3.05) is 22.3 Å². The zero-order valence-electron chi connectivity index (χ0n) is 15.7. The predicted octanol–water partition coefficient (Wildman–Crippen LogP) is 2.75. The highest BCUT2D eigenvalue weighted by molar-refractivity contribution is 6.04. The van der Waals surface area contributed by atoms with Crippen molar-refractivity contribution < 1.29 is 4.79 Å². The number of nitrogens with zero attached hydrogens (tertiary/aromatic N) is 5. The fourth-order valence-electron chi connectivity index (χ4n) is 4.02. The van der Waals surface area contributed by atoms with Crippen LogP contribution in [0.5, 0.6) is 0 Å². The smallest absolute Gasteiger partial charge is 0.249 e. The highest BCUT2D eigenvalue weighted by Gasteiger charge is 2.41. The molecule has 1 aliphatic heterocycles. The Morgan fingerprint density at radius 1 is 1.41 bits per heavy atom. The number of hydrogen-bond donors (Lipinski definition) is 2. The summed E-state index contributed by atoms with van der Waals surface area (Å²) < 4.78 is 0. The number of H-pyrrole nitrogens is 1. The van der Waals surface area contributed by atoms with Gasteiger partial charge < -0.3 is 14.8 Å². The normalized spacial score (nSPS) is 20.5. The van der Waals surface area contributed by atoms with Gasteiger partial charge in [-0.3, -0.25) is 4.79 Å². The van der Waals surface area contributed by atoms with E-state index in [9.17, 15) is 4.79 Å². The predicted molar refractivity (Wildman–Crippen MR) is 106 cm³/mol. The lowest BCUT2D eigenvalue weighted by Crippen LogP contribution is -2.55. The van der Waals surface area contributed by atoms with E-state index in [-0.39, 0.29) is 11.9 Å². The number of rotatable bonds is 5. The molecule has 0 aromatic carbocycles. The van der Waals surface area contributed by atoms with E-state index in [0.29, 0.717) is 12.0 Å². The SMILES string of the molecule is CCC1C(=O)N(C)c2cnc(NN=Cc3ccc[nH]3)nc2N1C1CCCC1. The van der Waals surface area contributed by atoms with E-state index in [2.05, 4.69) is 32.3 Å². The number of anilines is 3. The Bertz CT molecular complexity index is 827. The van der Waals surface area contributed by atoms with Gasteiger partial charge in [0.15, 0.2) is 5.82 Å². The number of likely N-dealkylation sites (N-methyl/N-ethyl adjacent to an activating group) is 1. The van der Waals surface area contributed by atoms with Crippen molar-refractivity contribution in [2.24, 2.45) is 5.10 Å². The molecule has 1 saturated carbocycles. The first-order chi connectivity index (χ1) is 13.2. The molecule has 0 radical (unpaired) electrons. The lowest BCUT2D eigenvalue weighted by atomic mass is 10.0. The Kier molecular flexibility index (Phi) is 4.79. The second-order valence-corrected chi connectivity index (χ2v) is 7.06. The zero-order valence-corrected chi connectivity index (χ0v) is 15.7. The number of hydrazone groups is 1. The lowest BCUT2D eigenvalue weighted by molar-refractivity contribution is -0.120. The van der Waals surface area contributed by atoms with Crippen molar-refractivity contribution in [3.05, 3.63) is 30.2 Å².